The number of ether oxygens (including phenoxy) is 1. The molecule has 0 spiro atoms. The van der Waals surface area contributed by atoms with Crippen LogP contribution in [0.4, 0.5) is 10.1 Å². The van der Waals surface area contributed by atoms with Crippen LogP contribution in [0.25, 0.3) is 0 Å². The number of rotatable bonds is 4. The molecule has 2 nitrogen and oxygen atoms in total. The zero-order valence-electron chi connectivity index (χ0n) is 10.8. The predicted molar refractivity (Wildman–Crippen MR) is 76.5 cm³/mol. The molecule has 2 aromatic carbocycles. The standard InChI is InChI=1S/C15H15ClFNO/c1-10-7-11(3-6-15(10)19-2)9-18-12-4-5-13(16)14(17)8-12/h3-8,18H,9H2,1-2H3. The third-order valence-corrected chi connectivity index (χ3v) is 3.18. The highest BCUT2D eigenvalue weighted by molar-refractivity contribution is 6.30. The summed E-state index contributed by atoms with van der Waals surface area (Å²) in [6.45, 7) is 2.61. The molecule has 0 unspecified atom stereocenters. The molecule has 0 atom stereocenters. The van der Waals surface area contributed by atoms with E-state index >= 15 is 0 Å². The first-order valence-corrected chi connectivity index (χ1v) is 6.30. The van der Waals surface area contributed by atoms with E-state index in [0.717, 1.165) is 16.9 Å². The fraction of sp³-hybridized carbons (Fsp3) is 0.200. The fourth-order valence-electron chi connectivity index (χ4n) is 1.86. The van der Waals surface area contributed by atoms with E-state index in [9.17, 15) is 4.39 Å². The van der Waals surface area contributed by atoms with Gasteiger partial charge in [-0.25, -0.2) is 4.39 Å². The van der Waals surface area contributed by atoms with Crippen molar-refractivity contribution in [2.24, 2.45) is 0 Å². The summed E-state index contributed by atoms with van der Waals surface area (Å²) < 4.78 is 18.5. The Hall–Kier alpha value is -1.74. The molecule has 0 aliphatic heterocycles. The van der Waals surface area contributed by atoms with Crippen molar-refractivity contribution < 1.29 is 9.13 Å². The van der Waals surface area contributed by atoms with Crippen LogP contribution in [-0.2, 0) is 6.54 Å². The maximum absolute atomic E-state index is 13.3. The number of hydrogen-bond acceptors (Lipinski definition) is 2. The quantitative estimate of drug-likeness (QED) is 0.895. The lowest BCUT2D eigenvalue weighted by atomic mass is 10.1. The fourth-order valence-corrected chi connectivity index (χ4v) is 1.98. The number of halogens is 2. The third kappa shape index (κ3) is 3.38. The van der Waals surface area contributed by atoms with Gasteiger partial charge in [-0.3, -0.25) is 0 Å². The molecule has 2 rings (SSSR count). The molecule has 0 fully saturated rings. The van der Waals surface area contributed by atoms with Crippen molar-refractivity contribution in [3.63, 3.8) is 0 Å². The Bertz CT molecular complexity index is 586. The summed E-state index contributed by atoms with van der Waals surface area (Å²) in [5.41, 5.74) is 2.88. The Labute approximate surface area is 117 Å². The van der Waals surface area contributed by atoms with Crippen molar-refractivity contribution in [1.29, 1.82) is 0 Å². The maximum Gasteiger partial charge on any atom is 0.143 e. The van der Waals surface area contributed by atoms with Gasteiger partial charge in [0.25, 0.3) is 0 Å². The van der Waals surface area contributed by atoms with Crippen molar-refractivity contribution >= 4 is 17.3 Å². The van der Waals surface area contributed by atoms with Gasteiger partial charge in [-0.05, 0) is 42.3 Å². The van der Waals surface area contributed by atoms with Crippen molar-refractivity contribution in [2.45, 2.75) is 13.5 Å². The average molecular weight is 280 g/mol. The summed E-state index contributed by atoms with van der Waals surface area (Å²) in [5, 5.41) is 3.28. The first-order chi connectivity index (χ1) is 9.10. The highest BCUT2D eigenvalue weighted by Gasteiger charge is 2.02. The zero-order valence-corrected chi connectivity index (χ0v) is 11.6. The van der Waals surface area contributed by atoms with E-state index in [2.05, 4.69) is 5.32 Å². The number of methoxy groups -OCH3 is 1. The summed E-state index contributed by atoms with van der Waals surface area (Å²) in [6.07, 6.45) is 0. The first kappa shape index (κ1) is 13.7. The summed E-state index contributed by atoms with van der Waals surface area (Å²) in [7, 11) is 1.65. The molecule has 0 aliphatic rings. The van der Waals surface area contributed by atoms with Gasteiger partial charge in [0.1, 0.15) is 11.6 Å². The van der Waals surface area contributed by atoms with Crippen LogP contribution in [0.5, 0.6) is 5.75 Å². The molecule has 0 saturated carbocycles. The van der Waals surface area contributed by atoms with Crippen LogP contribution < -0.4 is 10.1 Å². The van der Waals surface area contributed by atoms with Gasteiger partial charge >= 0.3 is 0 Å². The minimum atomic E-state index is -0.419. The monoisotopic (exact) mass is 279 g/mol. The molecule has 2 aromatic rings. The molecule has 0 amide bonds. The highest BCUT2D eigenvalue weighted by Crippen LogP contribution is 2.21. The third-order valence-electron chi connectivity index (χ3n) is 2.88. The van der Waals surface area contributed by atoms with E-state index in [1.165, 1.54) is 6.07 Å². The van der Waals surface area contributed by atoms with Gasteiger partial charge in [-0.15, -0.1) is 0 Å². The van der Waals surface area contributed by atoms with Crippen molar-refractivity contribution in [1.82, 2.24) is 0 Å². The molecular weight excluding hydrogens is 265 g/mol. The molecule has 0 saturated heterocycles. The Balaban J connectivity index is 2.05. The van der Waals surface area contributed by atoms with Gasteiger partial charge in [0.2, 0.25) is 0 Å². The Morgan fingerprint density at radius 3 is 2.63 bits per heavy atom. The van der Waals surface area contributed by atoms with Crippen molar-refractivity contribution in [3.05, 3.63) is 58.4 Å². The molecule has 19 heavy (non-hydrogen) atoms. The van der Waals surface area contributed by atoms with Crippen molar-refractivity contribution in [2.75, 3.05) is 12.4 Å². The summed E-state index contributed by atoms with van der Waals surface area (Å²) in [6, 6.07) is 10.6. The molecule has 0 aliphatic carbocycles. The van der Waals surface area contributed by atoms with E-state index in [1.807, 2.05) is 25.1 Å². The average Bonchev–Trinajstić information content (AvgIpc) is 2.40. The zero-order chi connectivity index (χ0) is 13.8. The van der Waals surface area contributed by atoms with E-state index < -0.39 is 5.82 Å². The number of anilines is 1. The van der Waals surface area contributed by atoms with Gasteiger partial charge in [-0.1, -0.05) is 23.7 Å². The lowest BCUT2D eigenvalue weighted by molar-refractivity contribution is 0.411. The Morgan fingerprint density at radius 2 is 2.00 bits per heavy atom. The SMILES string of the molecule is COc1ccc(CNc2ccc(Cl)c(F)c2)cc1C. The van der Waals surface area contributed by atoms with Crippen LogP contribution in [0.15, 0.2) is 36.4 Å². The molecule has 0 radical (unpaired) electrons. The molecule has 0 aromatic heterocycles. The number of nitrogens with one attached hydrogen (secondary N) is 1. The minimum Gasteiger partial charge on any atom is -0.496 e. The van der Waals surface area contributed by atoms with Crippen LogP contribution >= 0.6 is 11.6 Å². The van der Waals surface area contributed by atoms with E-state index in [4.69, 9.17) is 16.3 Å². The van der Waals surface area contributed by atoms with Crippen LogP contribution in [0.2, 0.25) is 5.02 Å². The van der Waals surface area contributed by atoms with Crippen LogP contribution in [0.1, 0.15) is 11.1 Å². The number of hydrogen-bond donors (Lipinski definition) is 1. The first-order valence-electron chi connectivity index (χ1n) is 5.92. The van der Waals surface area contributed by atoms with Crippen LogP contribution in [0, 0.1) is 12.7 Å². The van der Waals surface area contributed by atoms with Gasteiger partial charge < -0.3 is 10.1 Å². The highest BCUT2D eigenvalue weighted by atomic mass is 35.5. The summed E-state index contributed by atoms with van der Waals surface area (Å²) >= 11 is 5.64. The number of aryl methyl sites for hydroxylation is 1. The Kier molecular flexibility index (Phi) is 4.27. The van der Waals surface area contributed by atoms with Gasteiger partial charge in [0, 0.05) is 12.2 Å². The summed E-state index contributed by atoms with van der Waals surface area (Å²) in [5.74, 6) is 0.443. The molecule has 100 valence electrons. The molecular formula is C15H15ClFNO. The number of benzene rings is 2. The Morgan fingerprint density at radius 1 is 1.21 bits per heavy atom. The van der Waals surface area contributed by atoms with Crippen molar-refractivity contribution in [3.8, 4) is 5.75 Å². The normalized spacial score (nSPS) is 10.3. The van der Waals surface area contributed by atoms with E-state index in [-0.39, 0.29) is 5.02 Å². The minimum absolute atomic E-state index is 0.130. The summed E-state index contributed by atoms with van der Waals surface area (Å²) in [4.78, 5) is 0. The van der Waals surface area contributed by atoms with Gasteiger partial charge in [0.15, 0.2) is 0 Å². The van der Waals surface area contributed by atoms with Gasteiger partial charge in [-0.2, -0.15) is 0 Å². The lowest BCUT2D eigenvalue weighted by Gasteiger charge is -2.10. The van der Waals surface area contributed by atoms with E-state index in [0.29, 0.717) is 12.2 Å². The lowest BCUT2D eigenvalue weighted by Crippen LogP contribution is -2.00. The second-order valence-corrected chi connectivity index (χ2v) is 4.69. The smallest absolute Gasteiger partial charge is 0.143 e. The maximum atomic E-state index is 13.3. The van der Waals surface area contributed by atoms with E-state index in [1.54, 1.807) is 19.2 Å². The topological polar surface area (TPSA) is 21.3 Å². The largest absolute Gasteiger partial charge is 0.496 e. The molecule has 0 bridgehead atoms. The second kappa shape index (κ2) is 5.93. The predicted octanol–water partition coefficient (Wildman–Crippen LogP) is 4.41. The second-order valence-electron chi connectivity index (χ2n) is 4.29. The molecule has 4 heteroatoms. The van der Waals surface area contributed by atoms with Crippen LogP contribution in [0.3, 0.4) is 0 Å². The van der Waals surface area contributed by atoms with Gasteiger partial charge in [0.05, 0.1) is 12.1 Å². The molecule has 0 heterocycles. The van der Waals surface area contributed by atoms with Crippen LogP contribution in [-0.4, -0.2) is 7.11 Å². The molecule has 1 N–H and O–H groups in total.